The summed E-state index contributed by atoms with van der Waals surface area (Å²) in [4.78, 5) is 18.6. The van der Waals surface area contributed by atoms with Crippen LogP contribution in [0.2, 0.25) is 0 Å². The maximum atomic E-state index is 11.5. The number of aromatic amines is 1. The highest BCUT2D eigenvalue weighted by molar-refractivity contribution is 5.67. The number of benzene rings is 1. The van der Waals surface area contributed by atoms with Crippen molar-refractivity contribution in [1.82, 2.24) is 15.3 Å². The Morgan fingerprint density at radius 2 is 2.20 bits per heavy atom. The summed E-state index contributed by atoms with van der Waals surface area (Å²) in [6.07, 6.45) is 4.88. The molecule has 1 heterocycles. The molecule has 0 aliphatic carbocycles. The number of ether oxygens (including phenoxy) is 1. The standard InChI is InChI=1S/C15H17N3O2/c1-12-14(18-11-17-12)8-5-9-16-15(19)20-10-13-6-3-2-4-7-13/h2-8,11H,9-10H2,1H3,(H,16,19)(H,17,18). The van der Waals surface area contributed by atoms with Gasteiger partial charge >= 0.3 is 6.09 Å². The first-order valence-electron chi connectivity index (χ1n) is 6.37. The van der Waals surface area contributed by atoms with E-state index in [0.29, 0.717) is 6.54 Å². The second-order valence-electron chi connectivity index (χ2n) is 4.26. The lowest BCUT2D eigenvalue weighted by Gasteiger charge is -2.05. The van der Waals surface area contributed by atoms with Gasteiger partial charge in [-0.1, -0.05) is 36.4 Å². The number of nitrogens with one attached hydrogen (secondary N) is 2. The van der Waals surface area contributed by atoms with E-state index in [1.54, 1.807) is 6.33 Å². The van der Waals surface area contributed by atoms with E-state index in [1.165, 1.54) is 0 Å². The van der Waals surface area contributed by atoms with Crippen LogP contribution in [0, 0.1) is 6.92 Å². The first-order valence-corrected chi connectivity index (χ1v) is 6.37. The third-order valence-corrected chi connectivity index (χ3v) is 2.72. The van der Waals surface area contributed by atoms with Crippen LogP contribution in [0.25, 0.3) is 6.08 Å². The van der Waals surface area contributed by atoms with Gasteiger partial charge in [0.2, 0.25) is 0 Å². The van der Waals surface area contributed by atoms with E-state index in [0.717, 1.165) is 17.0 Å². The minimum absolute atomic E-state index is 0.273. The van der Waals surface area contributed by atoms with Crippen molar-refractivity contribution < 1.29 is 9.53 Å². The van der Waals surface area contributed by atoms with Crippen LogP contribution < -0.4 is 5.32 Å². The number of imidazole rings is 1. The highest BCUT2D eigenvalue weighted by atomic mass is 16.5. The SMILES string of the molecule is Cc1[nH]cnc1C=CCNC(=O)OCc1ccccc1. The highest BCUT2D eigenvalue weighted by Crippen LogP contribution is 2.02. The van der Waals surface area contributed by atoms with Crippen molar-refractivity contribution in [1.29, 1.82) is 0 Å². The van der Waals surface area contributed by atoms with Gasteiger partial charge in [0.15, 0.2) is 0 Å². The van der Waals surface area contributed by atoms with Crippen molar-refractivity contribution in [2.24, 2.45) is 0 Å². The first kappa shape index (κ1) is 13.9. The minimum atomic E-state index is -0.433. The van der Waals surface area contributed by atoms with Crippen molar-refractivity contribution in [3.63, 3.8) is 0 Å². The number of nitrogens with zero attached hydrogens (tertiary/aromatic N) is 1. The number of rotatable bonds is 5. The molecule has 0 bridgehead atoms. The molecule has 2 rings (SSSR count). The molecule has 0 saturated heterocycles. The molecule has 2 N–H and O–H groups in total. The topological polar surface area (TPSA) is 67.0 Å². The zero-order valence-electron chi connectivity index (χ0n) is 11.3. The lowest BCUT2D eigenvalue weighted by molar-refractivity contribution is 0.141. The Morgan fingerprint density at radius 1 is 1.40 bits per heavy atom. The van der Waals surface area contributed by atoms with Crippen LogP contribution >= 0.6 is 0 Å². The Morgan fingerprint density at radius 3 is 2.90 bits per heavy atom. The molecular weight excluding hydrogens is 254 g/mol. The normalized spacial score (nSPS) is 10.7. The summed E-state index contributed by atoms with van der Waals surface area (Å²) in [5.74, 6) is 0. The van der Waals surface area contributed by atoms with Crippen molar-refractivity contribution >= 4 is 12.2 Å². The predicted molar refractivity (Wildman–Crippen MR) is 77.0 cm³/mol. The van der Waals surface area contributed by atoms with Crippen LogP contribution in [0.5, 0.6) is 0 Å². The average molecular weight is 271 g/mol. The second-order valence-corrected chi connectivity index (χ2v) is 4.26. The van der Waals surface area contributed by atoms with Gasteiger partial charge in [0.1, 0.15) is 6.61 Å². The minimum Gasteiger partial charge on any atom is -0.445 e. The number of carbonyl (C=O) groups excluding carboxylic acids is 1. The Bertz CT molecular complexity index is 576. The maximum absolute atomic E-state index is 11.5. The van der Waals surface area contributed by atoms with E-state index in [9.17, 15) is 4.79 Å². The number of alkyl carbamates (subject to hydrolysis) is 1. The summed E-state index contributed by atoms with van der Waals surface area (Å²) in [5.41, 5.74) is 2.82. The van der Waals surface area contributed by atoms with E-state index in [4.69, 9.17) is 4.74 Å². The van der Waals surface area contributed by atoms with Crippen LogP contribution in [-0.4, -0.2) is 22.6 Å². The summed E-state index contributed by atoms with van der Waals surface area (Å²) < 4.78 is 5.08. The van der Waals surface area contributed by atoms with E-state index >= 15 is 0 Å². The number of carbonyl (C=O) groups is 1. The number of amides is 1. The average Bonchev–Trinajstić information content (AvgIpc) is 2.88. The molecule has 1 aromatic heterocycles. The molecule has 1 amide bonds. The quantitative estimate of drug-likeness (QED) is 0.878. The summed E-state index contributed by atoms with van der Waals surface area (Å²) in [6, 6.07) is 9.56. The zero-order valence-corrected chi connectivity index (χ0v) is 11.3. The van der Waals surface area contributed by atoms with Crippen LogP contribution in [0.15, 0.2) is 42.7 Å². The van der Waals surface area contributed by atoms with Gasteiger partial charge in [-0.25, -0.2) is 9.78 Å². The fourth-order valence-electron chi connectivity index (χ4n) is 1.62. The van der Waals surface area contributed by atoms with Gasteiger partial charge < -0.3 is 15.0 Å². The number of H-pyrrole nitrogens is 1. The van der Waals surface area contributed by atoms with Crippen molar-refractivity contribution in [2.75, 3.05) is 6.54 Å². The molecule has 0 unspecified atom stereocenters. The summed E-state index contributed by atoms with van der Waals surface area (Å²) in [6.45, 7) is 2.61. The molecule has 2 aromatic rings. The maximum Gasteiger partial charge on any atom is 0.407 e. The summed E-state index contributed by atoms with van der Waals surface area (Å²) in [5, 5.41) is 2.65. The molecule has 0 radical (unpaired) electrons. The van der Waals surface area contributed by atoms with E-state index in [-0.39, 0.29) is 6.61 Å². The van der Waals surface area contributed by atoms with Gasteiger partial charge in [0.25, 0.3) is 0 Å². The van der Waals surface area contributed by atoms with Gasteiger partial charge in [-0.2, -0.15) is 0 Å². The Hall–Kier alpha value is -2.56. The van der Waals surface area contributed by atoms with Crippen LogP contribution in [0.4, 0.5) is 4.79 Å². The lowest BCUT2D eigenvalue weighted by atomic mass is 10.2. The van der Waals surface area contributed by atoms with Gasteiger partial charge in [-0.05, 0) is 18.6 Å². The molecule has 0 aliphatic heterocycles. The molecule has 20 heavy (non-hydrogen) atoms. The van der Waals surface area contributed by atoms with Crippen molar-refractivity contribution in [3.8, 4) is 0 Å². The number of hydrogen-bond acceptors (Lipinski definition) is 3. The fourth-order valence-corrected chi connectivity index (χ4v) is 1.62. The van der Waals surface area contributed by atoms with Crippen LogP contribution in [0.3, 0.4) is 0 Å². The Labute approximate surface area is 117 Å². The van der Waals surface area contributed by atoms with E-state index < -0.39 is 6.09 Å². The van der Waals surface area contributed by atoms with Crippen molar-refractivity contribution in [3.05, 3.63) is 59.7 Å². The number of hydrogen-bond donors (Lipinski definition) is 2. The molecule has 0 atom stereocenters. The molecule has 104 valence electrons. The smallest absolute Gasteiger partial charge is 0.407 e. The molecule has 1 aromatic carbocycles. The zero-order chi connectivity index (χ0) is 14.2. The molecule has 0 saturated carbocycles. The van der Waals surface area contributed by atoms with E-state index in [2.05, 4.69) is 15.3 Å². The van der Waals surface area contributed by atoms with Gasteiger partial charge in [-0.3, -0.25) is 0 Å². The summed E-state index contributed by atoms with van der Waals surface area (Å²) >= 11 is 0. The number of aryl methyl sites for hydroxylation is 1. The number of aromatic nitrogens is 2. The molecule has 5 heteroatoms. The van der Waals surface area contributed by atoms with Crippen LogP contribution in [-0.2, 0) is 11.3 Å². The highest BCUT2D eigenvalue weighted by Gasteiger charge is 2.00. The molecular formula is C15H17N3O2. The lowest BCUT2D eigenvalue weighted by Crippen LogP contribution is -2.24. The Balaban J connectivity index is 1.68. The van der Waals surface area contributed by atoms with Crippen LogP contribution in [0.1, 0.15) is 17.0 Å². The second kappa shape index (κ2) is 7.13. The van der Waals surface area contributed by atoms with Gasteiger partial charge in [-0.15, -0.1) is 0 Å². The van der Waals surface area contributed by atoms with E-state index in [1.807, 2.05) is 49.4 Å². The Kier molecular flexibility index (Phi) is 4.94. The molecule has 0 fully saturated rings. The summed E-state index contributed by atoms with van der Waals surface area (Å²) in [7, 11) is 0. The largest absolute Gasteiger partial charge is 0.445 e. The third kappa shape index (κ3) is 4.28. The first-order chi connectivity index (χ1) is 9.75. The molecule has 0 spiro atoms. The van der Waals surface area contributed by atoms with Gasteiger partial charge in [0, 0.05) is 12.2 Å². The van der Waals surface area contributed by atoms with Crippen molar-refractivity contribution in [2.45, 2.75) is 13.5 Å². The molecule has 0 aliphatic rings. The fraction of sp³-hybridized carbons (Fsp3) is 0.200. The monoisotopic (exact) mass is 271 g/mol. The molecule has 5 nitrogen and oxygen atoms in total. The third-order valence-electron chi connectivity index (χ3n) is 2.72. The van der Waals surface area contributed by atoms with Gasteiger partial charge in [0.05, 0.1) is 12.0 Å². The predicted octanol–water partition coefficient (Wildman–Crippen LogP) is 2.66.